The lowest BCUT2D eigenvalue weighted by atomic mass is 9.76. The molecule has 0 aromatic heterocycles. The number of amides is 2. The van der Waals surface area contributed by atoms with Crippen molar-refractivity contribution >= 4 is 32.0 Å². The van der Waals surface area contributed by atoms with E-state index in [1.807, 2.05) is 0 Å². The Kier molecular flexibility index (Phi) is 6.90. The van der Waals surface area contributed by atoms with Gasteiger partial charge in [0.2, 0.25) is 26.0 Å². The second kappa shape index (κ2) is 9.34. The van der Waals surface area contributed by atoms with Crippen LogP contribution in [0.15, 0.2) is 34.1 Å². The average molecular weight is 529 g/mol. The molecule has 1 N–H and O–H groups in total. The molecule has 1 atom stereocenters. The zero-order valence-electron chi connectivity index (χ0n) is 20.0. The summed E-state index contributed by atoms with van der Waals surface area (Å²) in [7, 11) is -7.61. The highest BCUT2D eigenvalue weighted by Crippen LogP contribution is 2.41. The number of sulfonamides is 2. The van der Waals surface area contributed by atoms with Gasteiger partial charge in [0.1, 0.15) is 0 Å². The van der Waals surface area contributed by atoms with Crippen molar-refractivity contribution in [2.24, 2.45) is 5.92 Å². The number of nitrogens with zero attached hydrogens (tertiary/aromatic N) is 4. The van der Waals surface area contributed by atoms with Crippen molar-refractivity contribution in [2.75, 3.05) is 45.8 Å². The molecule has 3 aliphatic heterocycles. The van der Waals surface area contributed by atoms with Crippen LogP contribution in [0.1, 0.15) is 33.1 Å². The molecular formula is C22H32N4O7S2. The minimum absolute atomic E-state index is 0.0133. The van der Waals surface area contributed by atoms with Crippen molar-refractivity contribution in [2.45, 2.75) is 48.4 Å². The first kappa shape index (κ1) is 25.9. The fraction of sp³-hybridized carbons (Fsp3) is 0.636. The molecule has 194 valence electrons. The molecule has 1 spiro atoms. The summed E-state index contributed by atoms with van der Waals surface area (Å²) in [5.74, 6) is -0.612. The monoisotopic (exact) mass is 528 g/mol. The Balaban J connectivity index is 1.46. The first-order valence-corrected chi connectivity index (χ1v) is 14.7. The highest BCUT2D eigenvalue weighted by atomic mass is 32.2. The second-order valence-electron chi connectivity index (χ2n) is 9.37. The maximum Gasteiger partial charge on any atom is 0.407 e. The van der Waals surface area contributed by atoms with Crippen LogP contribution in [-0.2, 0) is 24.8 Å². The highest BCUT2D eigenvalue weighted by Gasteiger charge is 2.57. The van der Waals surface area contributed by atoms with Crippen LogP contribution in [0.3, 0.4) is 0 Å². The molecule has 3 fully saturated rings. The Hall–Kier alpha value is -2.22. The number of hydrogen-bond acceptors (Lipinski definition) is 6. The van der Waals surface area contributed by atoms with E-state index in [9.17, 15) is 26.4 Å². The van der Waals surface area contributed by atoms with Crippen molar-refractivity contribution in [1.82, 2.24) is 18.4 Å². The number of piperidine rings is 1. The predicted octanol–water partition coefficient (Wildman–Crippen LogP) is 1.08. The molecule has 1 aromatic rings. The summed E-state index contributed by atoms with van der Waals surface area (Å²) in [4.78, 5) is 27.4. The predicted molar refractivity (Wildman–Crippen MR) is 127 cm³/mol. The maximum atomic E-state index is 13.3. The first-order chi connectivity index (χ1) is 16.5. The molecule has 3 saturated heterocycles. The van der Waals surface area contributed by atoms with E-state index in [0.717, 1.165) is 6.42 Å². The van der Waals surface area contributed by atoms with Gasteiger partial charge in [0.05, 0.1) is 21.2 Å². The Morgan fingerprint density at radius 3 is 2.14 bits per heavy atom. The summed E-state index contributed by atoms with van der Waals surface area (Å²) in [5, 5.41) is 9.12. The highest BCUT2D eigenvalue weighted by molar-refractivity contribution is 7.89. The Bertz CT molecular complexity index is 1190. The van der Waals surface area contributed by atoms with Gasteiger partial charge < -0.3 is 14.9 Å². The Labute approximate surface area is 206 Å². The molecule has 0 saturated carbocycles. The van der Waals surface area contributed by atoms with Crippen LogP contribution in [0, 0.1) is 5.92 Å². The fourth-order valence-corrected chi connectivity index (χ4v) is 8.22. The van der Waals surface area contributed by atoms with Gasteiger partial charge in [-0.05, 0) is 43.5 Å². The van der Waals surface area contributed by atoms with Gasteiger partial charge in [0, 0.05) is 45.8 Å². The SMILES string of the molecule is CCN(CC)S(=O)(=O)c1ccc(S(=O)(=O)N2CCC[C@@H](C(=O)N3CCC34CN(C(=O)O)C4)C2)cc1. The molecule has 0 bridgehead atoms. The maximum absolute atomic E-state index is 13.3. The minimum Gasteiger partial charge on any atom is -0.465 e. The molecule has 11 nitrogen and oxygen atoms in total. The lowest BCUT2D eigenvalue weighted by Crippen LogP contribution is -2.79. The summed E-state index contributed by atoms with van der Waals surface area (Å²) in [6.45, 7) is 5.59. The normalized spacial score (nSPS) is 22.7. The van der Waals surface area contributed by atoms with E-state index < -0.39 is 37.6 Å². The average Bonchev–Trinajstić information content (AvgIpc) is 2.78. The molecule has 2 amide bonds. The second-order valence-corrected chi connectivity index (χ2v) is 13.2. The van der Waals surface area contributed by atoms with Crippen molar-refractivity contribution in [3.63, 3.8) is 0 Å². The quantitative estimate of drug-likeness (QED) is 0.559. The van der Waals surface area contributed by atoms with E-state index >= 15 is 0 Å². The van der Waals surface area contributed by atoms with E-state index in [2.05, 4.69) is 0 Å². The first-order valence-electron chi connectivity index (χ1n) is 11.9. The lowest BCUT2D eigenvalue weighted by Gasteiger charge is -2.62. The third kappa shape index (κ3) is 4.43. The number of carboxylic acid groups (broad SMARTS) is 1. The van der Waals surface area contributed by atoms with E-state index in [1.54, 1.807) is 18.7 Å². The lowest BCUT2D eigenvalue weighted by molar-refractivity contribution is -0.168. The van der Waals surface area contributed by atoms with Crippen LogP contribution in [0.5, 0.6) is 0 Å². The number of benzene rings is 1. The van der Waals surface area contributed by atoms with Crippen LogP contribution in [-0.4, -0.2) is 104 Å². The Morgan fingerprint density at radius 1 is 1.03 bits per heavy atom. The molecule has 35 heavy (non-hydrogen) atoms. The van der Waals surface area contributed by atoms with Gasteiger partial charge in [-0.25, -0.2) is 21.6 Å². The third-order valence-electron chi connectivity index (χ3n) is 7.42. The summed E-state index contributed by atoms with van der Waals surface area (Å²) in [6.07, 6.45) is 0.855. The van der Waals surface area contributed by atoms with Crippen LogP contribution in [0.2, 0.25) is 0 Å². The topological polar surface area (TPSA) is 136 Å². The zero-order valence-corrected chi connectivity index (χ0v) is 21.6. The molecule has 0 radical (unpaired) electrons. The fourth-order valence-electron chi connectivity index (χ4n) is 5.24. The van der Waals surface area contributed by atoms with E-state index in [-0.39, 0.29) is 28.8 Å². The van der Waals surface area contributed by atoms with Crippen LogP contribution in [0.25, 0.3) is 0 Å². The van der Waals surface area contributed by atoms with Gasteiger partial charge in [-0.1, -0.05) is 13.8 Å². The standard InChI is InChI=1S/C22H32N4O7S2/c1-3-24(4-2)34(30,31)18-7-9-19(10-8-18)35(32,33)25-12-5-6-17(14-25)20(27)26-13-11-22(26)15-23(16-22)21(28)29/h7-10,17H,3-6,11-16H2,1-2H3,(H,28,29)/t17-/m1/s1. The van der Waals surface area contributed by atoms with E-state index in [1.165, 1.54) is 37.8 Å². The van der Waals surface area contributed by atoms with Crippen molar-refractivity contribution < 1.29 is 31.5 Å². The summed E-state index contributed by atoms with van der Waals surface area (Å²) >= 11 is 0. The van der Waals surface area contributed by atoms with Gasteiger partial charge in [-0.3, -0.25) is 4.79 Å². The molecule has 13 heteroatoms. The molecule has 3 aliphatic rings. The smallest absolute Gasteiger partial charge is 0.407 e. The van der Waals surface area contributed by atoms with Gasteiger partial charge >= 0.3 is 6.09 Å². The van der Waals surface area contributed by atoms with Crippen molar-refractivity contribution in [3.8, 4) is 0 Å². The van der Waals surface area contributed by atoms with Gasteiger partial charge in [0.15, 0.2) is 0 Å². The van der Waals surface area contributed by atoms with Crippen LogP contribution >= 0.6 is 0 Å². The summed E-state index contributed by atoms with van der Waals surface area (Å²) in [6, 6.07) is 5.22. The number of likely N-dealkylation sites (tertiary alicyclic amines) is 2. The number of carbonyl (C=O) groups is 2. The van der Waals surface area contributed by atoms with Crippen LogP contribution < -0.4 is 0 Å². The molecule has 3 heterocycles. The number of hydrogen-bond donors (Lipinski definition) is 1. The Morgan fingerprint density at radius 2 is 1.63 bits per heavy atom. The van der Waals surface area contributed by atoms with Gasteiger partial charge in [-0.2, -0.15) is 8.61 Å². The third-order valence-corrected chi connectivity index (χ3v) is 11.4. The largest absolute Gasteiger partial charge is 0.465 e. The van der Waals surface area contributed by atoms with Gasteiger partial charge in [-0.15, -0.1) is 0 Å². The van der Waals surface area contributed by atoms with E-state index in [4.69, 9.17) is 5.11 Å². The minimum atomic E-state index is -3.91. The zero-order chi connectivity index (χ0) is 25.6. The van der Waals surface area contributed by atoms with Crippen LogP contribution in [0.4, 0.5) is 4.79 Å². The van der Waals surface area contributed by atoms with Crippen molar-refractivity contribution in [3.05, 3.63) is 24.3 Å². The van der Waals surface area contributed by atoms with Gasteiger partial charge in [0.25, 0.3) is 0 Å². The molecule has 4 rings (SSSR count). The molecule has 1 aromatic carbocycles. The number of carbonyl (C=O) groups excluding carboxylic acids is 1. The summed E-state index contributed by atoms with van der Waals surface area (Å²) < 4.78 is 54.6. The molecule has 0 aliphatic carbocycles. The molecular weight excluding hydrogens is 496 g/mol. The van der Waals surface area contributed by atoms with E-state index in [0.29, 0.717) is 45.6 Å². The summed E-state index contributed by atoms with van der Waals surface area (Å²) in [5.41, 5.74) is -0.442. The molecule has 0 unspecified atom stereocenters. The van der Waals surface area contributed by atoms with Crippen molar-refractivity contribution in [1.29, 1.82) is 0 Å². The number of rotatable bonds is 7.